The van der Waals surface area contributed by atoms with Gasteiger partial charge in [-0.15, -0.1) is 0 Å². The number of aryl methyl sites for hydroxylation is 1. The number of hydrogen-bond acceptors (Lipinski definition) is 4. The van der Waals surface area contributed by atoms with Crippen molar-refractivity contribution < 1.29 is 9.53 Å². The molecule has 0 aliphatic carbocycles. The van der Waals surface area contributed by atoms with Gasteiger partial charge in [0.2, 0.25) is 5.91 Å². The van der Waals surface area contributed by atoms with Crippen LogP contribution in [-0.2, 0) is 9.53 Å². The highest BCUT2D eigenvalue weighted by Crippen LogP contribution is 2.20. The zero-order valence-electron chi connectivity index (χ0n) is 14.0. The quantitative estimate of drug-likeness (QED) is 0.912. The monoisotopic (exact) mass is 317 g/mol. The van der Waals surface area contributed by atoms with Gasteiger partial charge in [0.05, 0.1) is 6.10 Å². The average molecular weight is 317 g/mol. The Morgan fingerprint density at radius 3 is 2.57 bits per heavy atom. The number of amides is 1. The van der Waals surface area contributed by atoms with Crippen molar-refractivity contribution in [2.24, 2.45) is 0 Å². The lowest BCUT2D eigenvalue weighted by Gasteiger charge is -2.37. The summed E-state index contributed by atoms with van der Waals surface area (Å²) in [5.41, 5.74) is 2.58. The predicted octanol–water partition coefficient (Wildman–Crippen LogP) is 1.41. The summed E-state index contributed by atoms with van der Waals surface area (Å²) in [7, 11) is 0. The second-order valence-corrected chi connectivity index (χ2v) is 6.41. The lowest BCUT2D eigenvalue weighted by molar-refractivity contribution is -0.139. The highest BCUT2D eigenvalue weighted by molar-refractivity contribution is 5.77. The zero-order valence-corrected chi connectivity index (χ0v) is 14.0. The SMILES string of the molecule is Cc1ccccc1N1CCN(C(=O)COC2CCNCC2)CC1. The van der Waals surface area contributed by atoms with E-state index in [1.165, 1.54) is 11.3 Å². The second-order valence-electron chi connectivity index (χ2n) is 6.41. The van der Waals surface area contributed by atoms with Crippen LogP contribution in [-0.4, -0.2) is 62.8 Å². The molecule has 1 N–H and O–H groups in total. The van der Waals surface area contributed by atoms with Crippen molar-refractivity contribution in [3.63, 3.8) is 0 Å². The first kappa shape index (κ1) is 16.3. The number of benzene rings is 1. The van der Waals surface area contributed by atoms with Gasteiger partial charge in [0, 0.05) is 31.9 Å². The van der Waals surface area contributed by atoms with E-state index in [9.17, 15) is 4.79 Å². The van der Waals surface area contributed by atoms with Gasteiger partial charge in [-0.05, 0) is 44.5 Å². The van der Waals surface area contributed by atoms with E-state index in [0.29, 0.717) is 0 Å². The van der Waals surface area contributed by atoms with Crippen molar-refractivity contribution in [2.45, 2.75) is 25.9 Å². The lowest BCUT2D eigenvalue weighted by Crippen LogP contribution is -2.50. The number of carbonyl (C=O) groups excluding carboxylic acids is 1. The van der Waals surface area contributed by atoms with Crippen molar-refractivity contribution in [3.05, 3.63) is 29.8 Å². The summed E-state index contributed by atoms with van der Waals surface area (Å²) in [5, 5.41) is 3.31. The summed E-state index contributed by atoms with van der Waals surface area (Å²) < 4.78 is 5.78. The fourth-order valence-corrected chi connectivity index (χ4v) is 3.36. The molecule has 2 saturated heterocycles. The molecule has 2 aliphatic heterocycles. The van der Waals surface area contributed by atoms with Crippen LogP contribution in [0.2, 0.25) is 0 Å². The van der Waals surface area contributed by atoms with Crippen LogP contribution in [0, 0.1) is 6.92 Å². The molecule has 1 aromatic carbocycles. The normalized spacial score (nSPS) is 19.9. The predicted molar refractivity (Wildman–Crippen MR) is 91.8 cm³/mol. The van der Waals surface area contributed by atoms with Gasteiger partial charge in [0.15, 0.2) is 0 Å². The van der Waals surface area contributed by atoms with Gasteiger partial charge in [-0.3, -0.25) is 4.79 Å². The number of piperazine rings is 1. The van der Waals surface area contributed by atoms with Crippen LogP contribution >= 0.6 is 0 Å². The van der Waals surface area contributed by atoms with Crippen LogP contribution in [0.5, 0.6) is 0 Å². The maximum atomic E-state index is 12.3. The molecule has 3 rings (SSSR count). The number of hydrogen-bond donors (Lipinski definition) is 1. The molecule has 2 aliphatic rings. The van der Waals surface area contributed by atoms with Crippen LogP contribution in [0.3, 0.4) is 0 Å². The van der Waals surface area contributed by atoms with E-state index in [2.05, 4.69) is 41.4 Å². The second kappa shape index (κ2) is 7.79. The minimum absolute atomic E-state index is 0.132. The smallest absolute Gasteiger partial charge is 0.248 e. The Balaban J connectivity index is 1.45. The van der Waals surface area contributed by atoms with E-state index < -0.39 is 0 Å². The van der Waals surface area contributed by atoms with Crippen LogP contribution < -0.4 is 10.2 Å². The number of piperidine rings is 1. The van der Waals surface area contributed by atoms with E-state index >= 15 is 0 Å². The Morgan fingerprint density at radius 2 is 1.87 bits per heavy atom. The van der Waals surface area contributed by atoms with E-state index in [1.807, 2.05) is 4.90 Å². The first-order chi connectivity index (χ1) is 11.2. The number of ether oxygens (including phenoxy) is 1. The van der Waals surface area contributed by atoms with Crippen molar-refractivity contribution >= 4 is 11.6 Å². The fraction of sp³-hybridized carbons (Fsp3) is 0.611. The molecule has 126 valence electrons. The van der Waals surface area contributed by atoms with Gasteiger partial charge in [-0.25, -0.2) is 0 Å². The van der Waals surface area contributed by atoms with Gasteiger partial charge in [-0.2, -0.15) is 0 Å². The topological polar surface area (TPSA) is 44.8 Å². The molecule has 0 radical (unpaired) electrons. The molecule has 0 bridgehead atoms. The highest BCUT2D eigenvalue weighted by Gasteiger charge is 2.23. The Kier molecular flexibility index (Phi) is 5.51. The van der Waals surface area contributed by atoms with E-state index in [-0.39, 0.29) is 18.6 Å². The molecule has 5 heteroatoms. The third-order valence-electron chi connectivity index (χ3n) is 4.82. The summed E-state index contributed by atoms with van der Waals surface area (Å²) in [6.07, 6.45) is 2.26. The fourth-order valence-electron chi connectivity index (χ4n) is 3.36. The average Bonchev–Trinajstić information content (AvgIpc) is 2.61. The van der Waals surface area contributed by atoms with Crippen molar-refractivity contribution in [3.8, 4) is 0 Å². The number of carbonyl (C=O) groups is 1. The van der Waals surface area contributed by atoms with Crippen molar-refractivity contribution in [1.82, 2.24) is 10.2 Å². The molecule has 2 heterocycles. The summed E-state index contributed by atoms with van der Waals surface area (Å²) in [6, 6.07) is 8.44. The van der Waals surface area contributed by atoms with Gasteiger partial charge in [0.25, 0.3) is 0 Å². The summed E-state index contributed by atoms with van der Waals surface area (Å²) >= 11 is 0. The Bertz CT molecular complexity index is 521. The maximum Gasteiger partial charge on any atom is 0.248 e. The maximum absolute atomic E-state index is 12.3. The van der Waals surface area contributed by atoms with Crippen molar-refractivity contribution in [2.75, 3.05) is 50.8 Å². The largest absolute Gasteiger partial charge is 0.368 e. The minimum atomic E-state index is 0.132. The molecule has 0 atom stereocenters. The number of rotatable bonds is 4. The molecule has 0 saturated carbocycles. The number of anilines is 1. The number of para-hydroxylation sites is 1. The zero-order chi connectivity index (χ0) is 16.1. The van der Waals surface area contributed by atoms with Crippen LogP contribution in [0.1, 0.15) is 18.4 Å². The van der Waals surface area contributed by atoms with E-state index in [4.69, 9.17) is 4.74 Å². The molecular weight excluding hydrogens is 290 g/mol. The third-order valence-corrected chi connectivity index (χ3v) is 4.82. The first-order valence-electron chi connectivity index (χ1n) is 8.65. The summed E-state index contributed by atoms with van der Waals surface area (Å²) in [6.45, 7) is 7.70. The molecule has 0 aromatic heterocycles. The third kappa shape index (κ3) is 4.24. The molecular formula is C18H27N3O2. The van der Waals surface area contributed by atoms with Gasteiger partial charge < -0.3 is 19.9 Å². The number of nitrogens with one attached hydrogen (secondary N) is 1. The van der Waals surface area contributed by atoms with Gasteiger partial charge in [-0.1, -0.05) is 18.2 Å². The lowest BCUT2D eigenvalue weighted by atomic mass is 10.1. The standard InChI is InChI=1S/C18H27N3O2/c1-15-4-2-3-5-17(15)20-10-12-21(13-11-20)18(22)14-23-16-6-8-19-9-7-16/h2-5,16,19H,6-14H2,1H3. The molecule has 1 amide bonds. The first-order valence-corrected chi connectivity index (χ1v) is 8.65. The van der Waals surface area contributed by atoms with Gasteiger partial charge in [0.1, 0.15) is 6.61 Å². The van der Waals surface area contributed by atoms with Crippen LogP contribution in [0.15, 0.2) is 24.3 Å². The Labute approximate surface area is 138 Å². The molecule has 5 nitrogen and oxygen atoms in total. The number of nitrogens with zero attached hydrogens (tertiary/aromatic N) is 2. The van der Waals surface area contributed by atoms with Crippen LogP contribution in [0.25, 0.3) is 0 Å². The van der Waals surface area contributed by atoms with Gasteiger partial charge >= 0.3 is 0 Å². The molecule has 23 heavy (non-hydrogen) atoms. The van der Waals surface area contributed by atoms with Crippen molar-refractivity contribution in [1.29, 1.82) is 0 Å². The summed E-state index contributed by atoms with van der Waals surface area (Å²) in [5.74, 6) is 0.132. The molecule has 0 spiro atoms. The highest BCUT2D eigenvalue weighted by atomic mass is 16.5. The van der Waals surface area contributed by atoms with E-state index in [1.54, 1.807) is 0 Å². The molecule has 0 unspecified atom stereocenters. The molecule has 2 fully saturated rings. The molecule has 1 aromatic rings. The Hall–Kier alpha value is -1.59. The Morgan fingerprint density at radius 1 is 1.17 bits per heavy atom. The van der Waals surface area contributed by atoms with Crippen LogP contribution in [0.4, 0.5) is 5.69 Å². The van der Waals surface area contributed by atoms with E-state index in [0.717, 1.165) is 52.1 Å². The summed E-state index contributed by atoms with van der Waals surface area (Å²) in [4.78, 5) is 16.6. The minimum Gasteiger partial charge on any atom is -0.368 e.